The van der Waals surface area contributed by atoms with Crippen LogP contribution in [0.25, 0.3) is 0 Å². The van der Waals surface area contributed by atoms with Crippen LogP contribution in [0.15, 0.2) is 29.2 Å². The highest BCUT2D eigenvalue weighted by Crippen LogP contribution is 2.59. The van der Waals surface area contributed by atoms with Gasteiger partial charge in [-0.2, -0.15) is 8.42 Å². The summed E-state index contributed by atoms with van der Waals surface area (Å²) in [4.78, 5) is 13.0. The van der Waals surface area contributed by atoms with Crippen LogP contribution in [-0.4, -0.2) is 31.0 Å². The van der Waals surface area contributed by atoms with E-state index in [1.165, 1.54) is 6.42 Å². The fourth-order valence-corrected chi connectivity index (χ4v) is 7.68. The van der Waals surface area contributed by atoms with E-state index >= 15 is 0 Å². The van der Waals surface area contributed by atoms with Crippen molar-refractivity contribution in [3.05, 3.63) is 29.8 Å². The third kappa shape index (κ3) is 5.11. The van der Waals surface area contributed by atoms with Gasteiger partial charge in [0, 0.05) is 10.7 Å². The molecule has 0 saturated heterocycles. The van der Waals surface area contributed by atoms with Crippen molar-refractivity contribution in [2.24, 2.45) is 5.92 Å². The molecule has 1 fully saturated rings. The first kappa shape index (κ1) is 21.5. The number of carbonyl (C=O) groups is 1. The highest BCUT2D eigenvalue weighted by molar-refractivity contribution is 8.33. The maximum absolute atomic E-state index is 12.9. The first-order valence-corrected chi connectivity index (χ1v) is 12.8. The van der Waals surface area contributed by atoms with E-state index < -0.39 is 25.2 Å². The molecule has 1 saturated carbocycles. The van der Waals surface area contributed by atoms with Crippen LogP contribution in [-0.2, 0) is 18.5 Å². The van der Waals surface area contributed by atoms with E-state index in [0.717, 1.165) is 31.2 Å². The maximum Gasteiger partial charge on any atom is 0.306 e. The van der Waals surface area contributed by atoms with Gasteiger partial charge in [0.1, 0.15) is 5.78 Å². The molecule has 26 heavy (non-hydrogen) atoms. The van der Waals surface area contributed by atoms with Crippen LogP contribution in [0, 0.1) is 12.8 Å². The zero-order valence-electron chi connectivity index (χ0n) is 16.6. The normalized spacial score (nSPS) is 20.3. The molecular weight excluding hydrogens is 368 g/mol. The Kier molecular flexibility index (Phi) is 6.62. The Morgan fingerprint density at radius 3 is 2.12 bits per heavy atom. The largest absolute Gasteiger partial charge is 0.306 e. The van der Waals surface area contributed by atoms with Crippen molar-refractivity contribution in [1.29, 1.82) is 0 Å². The number of carbonyl (C=O) groups excluding carboxylic acids is 1. The topological polar surface area (TPSA) is 60.4 Å². The zero-order chi connectivity index (χ0) is 19.6. The molecule has 1 atom stereocenters. The summed E-state index contributed by atoms with van der Waals surface area (Å²) in [5.74, 6) is 0.423. The van der Waals surface area contributed by atoms with Crippen LogP contribution in [0.4, 0.5) is 0 Å². The lowest BCUT2D eigenvalue weighted by molar-refractivity contribution is -0.121. The summed E-state index contributed by atoms with van der Waals surface area (Å²) in [5.41, 5.74) is 0.988. The van der Waals surface area contributed by atoms with Gasteiger partial charge in [-0.15, -0.1) is 10.3 Å². The van der Waals surface area contributed by atoms with Gasteiger partial charge < -0.3 is 0 Å². The van der Waals surface area contributed by atoms with Crippen molar-refractivity contribution < 1.29 is 16.8 Å². The number of benzene rings is 1. The SMILES string of the molecule is Cc1ccc(S(=O)(=O)OS(C)(CC(=O)C2CCCCC2)C(C)(C)C)cc1. The summed E-state index contributed by atoms with van der Waals surface area (Å²) < 4.78 is 31.1. The molecule has 6 heteroatoms. The lowest BCUT2D eigenvalue weighted by Gasteiger charge is -2.45. The smallest absolute Gasteiger partial charge is 0.298 e. The number of hydrogen-bond donors (Lipinski definition) is 0. The molecular formula is C20H32O4S2. The lowest BCUT2D eigenvalue weighted by atomic mass is 9.87. The highest BCUT2D eigenvalue weighted by Gasteiger charge is 2.41. The van der Waals surface area contributed by atoms with E-state index in [2.05, 4.69) is 0 Å². The number of hydrogen-bond acceptors (Lipinski definition) is 4. The Labute approximate surface area is 160 Å². The van der Waals surface area contributed by atoms with E-state index in [0.29, 0.717) is 0 Å². The van der Waals surface area contributed by atoms with Crippen molar-refractivity contribution in [2.45, 2.75) is 69.4 Å². The third-order valence-electron chi connectivity index (χ3n) is 5.32. The van der Waals surface area contributed by atoms with Crippen molar-refractivity contribution in [3.63, 3.8) is 0 Å². The summed E-state index contributed by atoms with van der Waals surface area (Å²) in [5, 5.41) is 0. The predicted molar refractivity (Wildman–Crippen MR) is 109 cm³/mol. The van der Waals surface area contributed by atoms with Gasteiger partial charge in [0.25, 0.3) is 0 Å². The van der Waals surface area contributed by atoms with Gasteiger partial charge in [-0.05, 0) is 38.2 Å². The summed E-state index contributed by atoms with van der Waals surface area (Å²) in [6.45, 7) is 7.79. The minimum absolute atomic E-state index is 0.0589. The molecule has 1 aliphatic rings. The van der Waals surface area contributed by atoms with Gasteiger partial charge in [-0.25, -0.2) is 3.63 Å². The molecule has 0 aliphatic heterocycles. The molecule has 2 rings (SSSR count). The van der Waals surface area contributed by atoms with Crippen molar-refractivity contribution in [2.75, 3.05) is 12.0 Å². The average Bonchev–Trinajstić information content (AvgIpc) is 2.54. The summed E-state index contributed by atoms with van der Waals surface area (Å²) in [6.07, 6.45) is 7.03. The quantitative estimate of drug-likeness (QED) is 0.674. The Bertz CT molecular complexity index is 726. The highest BCUT2D eigenvalue weighted by atomic mass is 32.3. The first-order chi connectivity index (χ1) is 11.9. The van der Waals surface area contributed by atoms with E-state index in [-0.39, 0.29) is 22.3 Å². The standard InChI is InChI=1S/C20H32O4S2/c1-16-11-13-18(14-12-16)26(22,23)24-25(5,20(2,3)4)15-19(21)17-9-7-6-8-10-17/h11-14,17H,6-10,15H2,1-5H3. The molecule has 148 valence electrons. The van der Waals surface area contributed by atoms with Crippen LogP contribution in [0.1, 0.15) is 58.4 Å². The van der Waals surface area contributed by atoms with E-state index in [4.69, 9.17) is 3.63 Å². The molecule has 0 bridgehead atoms. The van der Waals surface area contributed by atoms with Crippen LogP contribution in [0.5, 0.6) is 0 Å². The molecule has 0 spiro atoms. The van der Waals surface area contributed by atoms with E-state index in [1.54, 1.807) is 24.3 Å². The maximum atomic E-state index is 12.9. The zero-order valence-corrected chi connectivity index (χ0v) is 18.2. The average molecular weight is 401 g/mol. The minimum atomic E-state index is -3.91. The molecule has 1 aromatic rings. The molecule has 0 amide bonds. The molecule has 1 unspecified atom stereocenters. The Balaban J connectivity index is 2.25. The Hall–Kier alpha value is -0.850. The first-order valence-electron chi connectivity index (χ1n) is 9.26. The molecule has 0 aromatic heterocycles. The predicted octanol–water partition coefficient (Wildman–Crippen LogP) is 5.00. The molecule has 1 aromatic carbocycles. The second-order valence-corrected chi connectivity index (χ2v) is 13.8. The van der Waals surface area contributed by atoms with Gasteiger partial charge in [0.15, 0.2) is 0 Å². The lowest BCUT2D eigenvalue weighted by Crippen LogP contribution is -2.35. The molecule has 0 radical (unpaired) electrons. The van der Waals surface area contributed by atoms with E-state index in [1.807, 2.05) is 34.0 Å². The van der Waals surface area contributed by atoms with Crippen molar-refractivity contribution in [3.8, 4) is 0 Å². The molecule has 4 nitrogen and oxygen atoms in total. The molecule has 0 N–H and O–H groups in total. The molecule has 0 heterocycles. The Morgan fingerprint density at radius 1 is 1.08 bits per heavy atom. The van der Waals surface area contributed by atoms with Crippen LogP contribution < -0.4 is 0 Å². The molecule has 1 aliphatic carbocycles. The van der Waals surface area contributed by atoms with Crippen molar-refractivity contribution in [1.82, 2.24) is 0 Å². The van der Waals surface area contributed by atoms with Crippen LogP contribution >= 0.6 is 10.3 Å². The number of ketones is 1. The van der Waals surface area contributed by atoms with Crippen LogP contribution in [0.2, 0.25) is 0 Å². The third-order valence-corrected chi connectivity index (χ3v) is 11.5. The fourth-order valence-electron chi connectivity index (χ4n) is 3.10. The van der Waals surface area contributed by atoms with Gasteiger partial charge >= 0.3 is 10.1 Å². The summed E-state index contributed by atoms with van der Waals surface area (Å²) >= 11 is 0. The minimum Gasteiger partial charge on any atom is -0.298 e. The van der Waals surface area contributed by atoms with Crippen molar-refractivity contribution >= 4 is 26.2 Å². The number of Topliss-reactive ketones (excluding diaryl/α,β-unsaturated/α-hetero) is 1. The fraction of sp³-hybridized carbons (Fsp3) is 0.650. The van der Waals surface area contributed by atoms with Gasteiger partial charge in [0.05, 0.1) is 10.6 Å². The van der Waals surface area contributed by atoms with Gasteiger partial charge in [-0.3, -0.25) is 4.79 Å². The second kappa shape index (κ2) is 8.03. The number of rotatable bonds is 6. The monoisotopic (exact) mass is 400 g/mol. The van der Waals surface area contributed by atoms with E-state index in [9.17, 15) is 13.2 Å². The Morgan fingerprint density at radius 2 is 1.62 bits per heavy atom. The second-order valence-electron chi connectivity index (χ2n) is 8.40. The number of aryl methyl sites for hydroxylation is 1. The summed E-state index contributed by atoms with van der Waals surface area (Å²) in [7, 11) is -6.07. The summed E-state index contributed by atoms with van der Waals surface area (Å²) in [6, 6.07) is 6.65. The van der Waals surface area contributed by atoms with Gasteiger partial charge in [0.2, 0.25) is 0 Å². The van der Waals surface area contributed by atoms with Gasteiger partial charge in [-0.1, -0.05) is 57.7 Å². The van der Waals surface area contributed by atoms with Crippen LogP contribution in [0.3, 0.4) is 0 Å².